The highest BCUT2D eigenvalue weighted by molar-refractivity contribution is 14.0. The van der Waals surface area contributed by atoms with E-state index in [1.54, 1.807) is 7.05 Å². The molecule has 1 unspecified atom stereocenters. The molecule has 0 aliphatic carbocycles. The molecule has 19 heavy (non-hydrogen) atoms. The minimum absolute atomic E-state index is 0. The Morgan fingerprint density at radius 1 is 1.32 bits per heavy atom. The zero-order valence-corrected chi connectivity index (χ0v) is 15.0. The third-order valence-electron chi connectivity index (χ3n) is 3.18. The van der Waals surface area contributed by atoms with E-state index in [4.69, 9.17) is 0 Å². The van der Waals surface area contributed by atoms with Crippen molar-refractivity contribution in [3.63, 3.8) is 0 Å². The fourth-order valence-electron chi connectivity index (χ4n) is 2.08. The lowest BCUT2D eigenvalue weighted by Crippen LogP contribution is -2.40. The number of rotatable bonds is 6. The second-order valence-corrected chi connectivity index (χ2v) is 7.08. The van der Waals surface area contributed by atoms with Crippen molar-refractivity contribution in [2.45, 2.75) is 32.6 Å². The predicted molar refractivity (Wildman–Crippen MR) is 91.1 cm³/mol. The highest BCUT2D eigenvalue weighted by Crippen LogP contribution is 2.17. The van der Waals surface area contributed by atoms with Crippen LogP contribution < -0.4 is 10.6 Å². The molecule has 1 aliphatic rings. The zero-order chi connectivity index (χ0) is 13.4. The summed E-state index contributed by atoms with van der Waals surface area (Å²) >= 11 is 0. The molecule has 0 amide bonds. The summed E-state index contributed by atoms with van der Waals surface area (Å²) in [6, 6.07) is 0. The van der Waals surface area contributed by atoms with Gasteiger partial charge in [0.2, 0.25) is 0 Å². The van der Waals surface area contributed by atoms with Crippen molar-refractivity contribution in [1.82, 2.24) is 10.6 Å². The molecule has 0 saturated carbocycles. The summed E-state index contributed by atoms with van der Waals surface area (Å²) in [6.07, 6.45) is 4.32. The van der Waals surface area contributed by atoms with Gasteiger partial charge < -0.3 is 10.6 Å². The van der Waals surface area contributed by atoms with E-state index in [-0.39, 0.29) is 29.9 Å². The van der Waals surface area contributed by atoms with Crippen LogP contribution in [-0.4, -0.2) is 46.0 Å². The Morgan fingerprint density at radius 3 is 2.58 bits per heavy atom. The normalized spacial score (nSPS) is 21.8. The van der Waals surface area contributed by atoms with E-state index in [2.05, 4.69) is 22.5 Å². The third kappa shape index (κ3) is 7.96. The minimum Gasteiger partial charge on any atom is -0.356 e. The van der Waals surface area contributed by atoms with E-state index < -0.39 is 9.84 Å². The van der Waals surface area contributed by atoms with Crippen molar-refractivity contribution in [2.75, 3.05) is 31.6 Å². The van der Waals surface area contributed by atoms with Crippen LogP contribution in [0, 0.1) is 5.92 Å². The quantitative estimate of drug-likeness (QED) is 0.305. The van der Waals surface area contributed by atoms with Gasteiger partial charge in [-0.15, -0.1) is 24.0 Å². The molecule has 2 N–H and O–H groups in total. The Balaban J connectivity index is 0.00000324. The van der Waals surface area contributed by atoms with Crippen molar-refractivity contribution in [1.29, 1.82) is 0 Å². The molecule has 1 saturated heterocycles. The van der Waals surface area contributed by atoms with Gasteiger partial charge in [-0.2, -0.15) is 0 Å². The maximum Gasteiger partial charge on any atom is 0.190 e. The van der Waals surface area contributed by atoms with Crippen LogP contribution in [0.4, 0.5) is 0 Å². The van der Waals surface area contributed by atoms with Crippen LogP contribution >= 0.6 is 24.0 Å². The van der Waals surface area contributed by atoms with Crippen LogP contribution in [0.25, 0.3) is 0 Å². The van der Waals surface area contributed by atoms with E-state index in [0.717, 1.165) is 25.3 Å². The maximum atomic E-state index is 11.3. The van der Waals surface area contributed by atoms with Gasteiger partial charge in [-0.3, -0.25) is 4.99 Å². The van der Waals surface area contributed by atoms with E-state index >= 15 is 0 Å². The molecule has 1 atom stereocenters. The molecule has 0 radical (unpaired) electrons. The summed E-state index contributed by atoms with van der Waals surface area (Å²) in [6.45, 7) is 3.77. The number of hydrogen-bond acceptors (Lipinski definition) is 3. The number of nitrogens with zero attached hydrogens (tertiary/aromatic N) is 1. The first kappa shape index (κ1) is 18.9. The highest BCUT2D eigenvalue weighted by atomic mass is 127. The molecular formula is C12H26IN3O2S. The molecule has 114 valence electrons. The molecule has 0 aromatic heterocycles. The number of sulfone groups is 1. The van der Waals surface area contributed by atoms with Crippen molar-refractivity contribution in [2.24, 2.45) is 10.9 Å². The van der Waals surface area contributed by atoms with Gasteiger partial charge in [-0.05, 0) is 18.8 Å². The third-order valence-corrected chi connectivity index (χ3v) is 5.02. The topological polar surface area (TPSA) is 70.6 Å². The van der Waals surface area contributed by atoms with Crippen LogP contribution in [0.5, 0.6) is 0 Å². The average Bonchev–Trinajstić information content (AvgIpc) is 2.68. The van der Waals surface area contributed by atoms with E-state index in [1.165, 1.54) is 12.8 Å². The SMILES string of the molecule is CCCCCNC(=NC)NCC1CCS(=O)(=O)C1.I. The first-order valence-electron chi connectivity index (χ1n) is 6.72. The van der Waals surface area contributed by atoms with Crippen LogP contribution in [0.1, 0.15) is 32.6 Å². The number of aliphatic imine (C=N–C) groups is 1. The summed E-state index contributed by atoms with van der Waals surface area (Å²) in [5.41, 5.74) is 0. The molecule has 1 fully saturated rings. The summed E-state index contributed by atoms with van der Waals surface area (Å²) in [7, 11) is -1.04. The summed E-state index contributed by atoms with van der Waals surface area (Å²) in [5, 5.41) is 6.44. The standard InChI is InChI=1S/C12H25N3O2S.HI/c1-3-4-5-7-14-12(13-2)15-9-11-6-8-18(16,17)10-11;/h11H,3-10H2,1-2H3,(H2,13,14,15);1H. The first-order chi connectivity index (χ1) is 8.57. The van der Waals surface area contributed by atoms with Gasteiger partial charge in [0, 0.05) is 20.1 Å². The largest absolute Gasteiger partial charge is 0.356 e. The molecular weight excluding hydrogens is 377 g/mol. The van der Waals surface area contributed by atoms with E-state index in [0.29, 0.717) is 18.1 Å². The Morgan fingerprint density at radius 2 is 2.05 bits per heavy atom. The van der Waals surface area contributed by atoms with Gasteiger partial charge in [-0.25, -0.2) is 8.42 Å². The fourth-order valence-corrected chi connectivity index (χ4v) is 3.94. The molecule has 0 aromatic rings. The number of halogens is 1. The van der Waals surface area contributed by atoms with Gasteiger partial charge in [0.05, 0.1) is 11.5 Å². The highest BCUT2D eigenvalue weighted by Gasteiger charge is 2.27. The molecule has 5 nitrogen and oxygen atoms in total. The van der Waals surface area contributed by atoms with Crippen molar-refractivity contribution in [3.05, 3.63) is 0 Å². The van der Waals surface area contributed by atoms with E-state index in [9.17, 15) is 8.42 Å². The molecule has 7 heteroatoms. The molecule has 0 spiro atoms. The summed E-state index contributed by atoms with van der Waals surface area (Å²) < 4.78 is 22.7. The maximum absolute atomic E-state index is 11.3. The van der Waals surface area contributed by atoms with Gasteiger partial charge in [0.25, 0.3) is 0 Å². The molecule has 1 heterocycles. The van der Waals surface area contributed by atoms with Crippen LogP contribution in [0.3, 0.4) is 0 Å². The number of hydrogen-bond donors (Lipinski definition) is 2. The van der Waals surface area contributed by atoms with Gasteiger partial charge in [-0.1, -0.05) is 19.8 Å². The van der Waals surface area contributed by atoms with Gasteiger partial charge >= 0.3 is 0 Å². The fraction of sp³-hybridized carbons (Fsp3) is 0.917. The van der Waals surface area contributed by atoms with Crippen LogP contribution in [0.2, 0.25) is 0 Å². The Bertz CT molecular complexity index is 371. The van der Waals surface area contributed by atoms with Crippen molar-refractivity contribution in [3.8, 4) is 0 Å². The number of nitrogens with one attached hydrogen (secondary N) is 2. The molecule has 1 rings (SSSR count). The van der Waals surface area contributed by atoms with Crippen LogP contribution in [-0.2, 0) is 9.84 Å². The molecule has 1 aliphatic heterocycles. The first-order valence-corrected chi connectivity index (χ1v) is 8.54. The Hall–Kier alpha value is -0.0500. The lowest BCUT2D eigenvalue weighted by Gasteiger charge is -2.14. The lowest BCUT2D eigenvalue weighted by atomic mass is 10.1. The number of guanidine groups is 1. The summed E-state index contributed by atoms with van der Waals surface area (Å²) in [5.74, 6) is 1.65. The smallest absolute Gasteiger partial charge is 0.190 e. The number of unbranched alkanes of at least 4 members (excludes halogenated alkanes) is 2. The zero-order valence-electron chi connectivity index (χ0n) is 11.8. The van der Waals surface area contributed by atoms with Gasteiger partial charge in [0.15, 0.2) is 15.8 Å². The predicted octanol–water partition coefficient (Wildman–Crippen LogP) is 1.39. The second kappa shape index (κ2) is 9.79. The minimum atomic E-state index is -2.77. The van der Waals surface area contributed by atoms with E-state index in [1.807, 2.05) is 0 Å². The summed E-state index contributed by atoms with van der Waals surface area (Å²) in [4.78, 5) is 4.13. The lowest BCUT2D eigenvalue weighted by molar-refractivity contribution is 0.565. The van der Waals surface area contributed by atoms with Gasteiger partial charge in [0.1, 0.15) is 0 Å². The van der Waals surface area contributed by atoms with Crippen molar-refractivity contribution < 1.29 is 8.42 Å². The molecule has 0 bridgehead atoms. The Labute approximate surface area is 134 Å². The Kier molecular flexibility index (Phi) is 9.77. The second-order valence-electron chi connectivity index (χ2n) is 4.86. The van der Waals surface area contributed by atoms with Crippen molar-refractivity contribution >= 4 is 39.8 Å². The monoisotopic (exact) mass is 403 g/mol. The van der Waals surface area contributed by atoms with Crippen LogP contribution in [0.15, 0.2) is 4.99 Å². The molecule has 0 aromatic carbocycles. The average molecular weight is 403 g/mol.